The van der Waals surface area contributed by atoms with Crippen LogP contribution in [0.25, 0.3) is 0 Å². The number of hydrogen-bond donors (Lipinski definition) is 2. The third-order valence-corrected chi connectivity index (χ3v) is 4.15. The van der Waals surface area contributed by atoms with E-state index < -0.39 is 0 Å². The molecule has 0 heterocycles. The maximum Gasteiger partial charge on any atom is 0.234 e. The summed E-state index contributed by atoms with van der Waals surface area (Å²) in [6, 6.07) is 8.98. The fourth-order valence-electron chi connectivity index (χ4n) is 2.57. The van der Waals surface area contributed by atoms with Gasteiger partial charge in [0, 0.05) is 45.1 Å². The van der Waals surface area contributed by atoms with Crippen LogP contribution in [0.3, 0.4) is 0 Å². The van der Waals surface area contributed by atoms with Crippen molar-refractivity contribution in [3.63, 3.8) is 0 Å². The summed E-state index contributed by atoms with van der Waals surface area (Å²) in [5.74, 6) is 2.21. The minimum Gasteiger partial charge on any atom is -0.381 e. The third kappa shape index (κ3) is 16.4. The minimum absolute atomic E-state index is 0.0430. The second kappa shape index (κ2) is 20.6. The van der Waals surface area contributed by atoms with Gasteiger partial charge in [0.05, 0.1) is 26.3 Å². The van der Waals surface area contributed by atoms with Gasteiger partial charge in [-0.3, -0.25) is 9.59 Å². The zero-order valence-electron chi connectivity index (χ0n) is 18.8. The second-order valence-electron chi connectivity index (χ2n) is 6.90. The molecule has 1 aromatic rings. The number of Topliss-reactive ketones (excluding diaryl/α,β-unsaturated/α-hetero) is 1. The number of rotatable bonds is 21. The highest BCUT2D eigenvalue weighted by molar-refractivity contribution is 5.97. The third-order valence-electron chi connectivity index (χ3n) is 4.15. The van der Waals surface area contributed by atoms with Gasteiger partial charge >= 0.3 is 0 Å². The van der Waals surface area contributed by atoms with E-state index in [0.717, 1.165) is 19.3 Å². The van der Waals surface area contributed by atoms with Gasteiger partial charge in [0.15, 0.2) is 5.78 Å². The molecule has 0 saturated carbocycles. The Bertz CT molecular complexity index is 648. The number of carbonyl (C=O) groups is 2. The summed E-state index contributed by atoms with van der Waals surface area (Å²) in [5, 5.41) is 5.60. The fourth-order valence-corrected chi connectivity index (χ4v) is 2.57. The van der Waals surface area contributed by atoms with Crippen LogP contribution in [0.5, 0.6) is 0 Å². The van der Waals surface area contributed by atoms with E-state index >= 15 is 0 Å². The summed E-state index contributed by atoms with van der Waals surface area (Å²) in [5.41, 5.74) is 0.629. The van der Waals surface area contributed by atoms with Gasteiger partial charge in [-0.2, -0.15) is 0 Å². The summed E-state index contributed by atoms with van der Waals surface area (Å²) in [6.45, 7) is 5.25. The quantitative estimate of drug-likeness (QED) is 0.167. The van der Waals surface area contributed by atoms with E-state index in [-0.39, 0.29) is 24.8 Å². The Balaban J connectivity index is 1.79. The first kappa shape index (κ1) is 27.8. The molecule has 0 radical (unpaired) electrons. The number of carbonyl (C=O) groups excluding carboxylic acids is 2. The molecular formula is C24H36N2O6. The van der Waals surface area contributed by atoms with Crippen molar-refractivity contribution in [2.45, 2.75) is 19.3 Å². The van der Waals surface area contributed by atoms with Crippen molar-refractivity contribution in [3.8, 4) is 12.3 Å². The molecule has 0 unspecified atom stereocenters. The van der Waals surface area contributed by atoms with Crippen molar-refractivity contribution in [2.24, 2.45) is 0 Å². The predicted molar refractivity (Wildman–Crippen MR) is 123 cm³/mol. The lowest BCUT2D eigenvalue weighted by Gasteiger charge is -2.08. The largest absolute Gasteiger partial charge is 0.381 e. The van der Waals surface area contributed by atoms with Crippen molar-refractivity contribution in [1.29, 1.82) is 0 Å². The Morgan fingerprint density at radius 2 is 1.34 bits per heavy atom. The summed E-state index contributed by atoms with van der Waals surface area (Å²) >= 11 is 0. The molecular weight excluding hydrogens is 412 g/mol. The normalized spacial score (nSPS) is 10.6. The molecule has 178 valence electrons. The van der Waals surface area contributed by atoms with Crippen LogP contribution in [-0.2, 0) is 23.7 Å². The summed E-state index contributed by atoms with van der Waals surface area (Å²) in [7, 11) is 0. The minimum atomic E-state index is -0.167. The molecule has 1 amide bonds. The highest BCUT2D eigenvalue weighted by atomic mass is 16.5. The van der Waals surface area contributed by atoms with Crippen LogP contribution in [0, 0.1) is 12.3 Å². The molecule has 8 heteroatoms. The average molecular weight is 449 g/mol. The number of benzene rings is 1. The number of terminal acetylenes is 1. The van der Waals surface area contributed by atoms with Crippen LogP contribution in [0.4, 0.5) is 0 Å². The molecule has 0 fully saturated rings. The van der Waals surface area contributed by atoms with Crippen LogP contribution < -0.4 is 10.6 Å². The Labute approximate surface area is 191 Å². The first-order valence-corrected chi connectivity index (χ1v) is 11.0. The molecule has 0 spiro atoms. The molecule has 1 aromatic carbocycles. The average Bonchev–Trinajstić information content (AvgIpc) is 2.81. The predicted octanol–water partition coefficient (Wildman–Crippen LogP) is 1.45. The lowest BCUT2D eigenvalue weighted by Crippen LogP contribution is -2.37. The van der Waals surface area contributed by atoms with Crippen LogP contribution in [-0.4, -0.2) is 84.2 Å². The van der Waals surface area contributed by atoms with E-state index in [9.17, 15) is 9.59 Å². The molecule has 2 N–H and O–H groups in total. The molecule has 0 aliphatic heterocycles. The Kier molecular flexibility index (Phi) is 17.9. The van der Waals surface area contributed by atoms with Gasteiger partial charge in [-0.15, -0.1) is 6.42 Å². The van der Waals surface area contributed by atoms with Crippen LogP contribution >= 0.6 is 0 Å². The lowest BCUT2D eigenvalue weighted by atomic mass is 10.1. The smallest absolute Gasteiger partial charge is 0.234 e. The van der Waals surface area contributed by atoms with E-state index in [1.165, 1.54) is 0 Å². The van der Waals surface area contributed by atoms with Crippen molar-refractivity contribution in [3.05, 3.63) is 35.9 Å². The monoisotopic (exact) mass is 448 g/mol. The van der Waals surface area contributed by atoms with Gasteiger partial charge in [0.25, 0.3) is 0 Å². The molecule has 0 aromatic heterocycles. The van der Waals surface area contributed by atoms with E-state index in [2.05, 4.69) is 16.6 Å². The van der Waals surface area contributed by atoms with Crippen LogP contribution in [0.2, 0.25) is 0 Å². The Morgan fingerprint density at radius 3 is 1.94 bits per heavy atom. The summed E-state index contributed by atoms with van der Waals surface area (Å²) < 4.78 is 21.6. The SMILES string of the molecule is C#CCOCCCOCCCOCCCOCCNC(=O)CNCC(=O)c1ccccc1. The highest BCUT2D eigenvalue weighted by Gasteiger charge is 2.06. The Hall–Kier alpha value is -2.28. The Morgan fingerprint density at radius 1 is 0.781 bits per heavy atom. The van der Waals surface area contributed by atoms with E-state index in [4.69, 9.17) is 25.4 Å². The lowest BCUT2D eigenvalue weighted by molar-refractivity contribution is -0.120. The van der Waals surface area contributed by atoms with Gasteiger partial charge in [0.1, 0.15) is 6.61 Å². The number of amides is 1. The second-order valence-corrected chi connectivity index (χ2v) is 6.90. The zero-order chi connectivity index (χ0) is 23.1. The van der Waals surface area contributed by atoms with E-state index in [1.54, 1.807) is 12.1 Å². The maximum atomic E-state index is 11.9. The van der Waals surface area contributed by atoms with Gasteiger partial charge in [-0.05, 0) is 19.3 Å². The molecule has 0 aliphatic rings. The molecule has 0 atom stereocenters. The molecule has 32 heavy (non-hydrogen) atoms. The topological polar surface area (TPSA) is 95.1 Å². The van der Waals surface area contributed by atoms with Crippen molar-refractivity contribution >= 4 is 11.7 Å². The van der Waals surface area contributed by atoms with Crippen molar-refractivity contribution in [2.75, 3.05) is 72.5 Å². The molecule has 0 bridgehead atoms. The summed E-state index contributed by atoms with van der Waals surface area (Å²) in [6.07, 6.45) is 7.57. The van der Waals surface area contributed by atoms with Crippen molar-refractivity contribution in [1.82, 2.24) is 10.6 Å². The molecule has 1 rings (SSSR count). The van der Waals surface area contributed by atoms with Gasteiger partial charge in [0.2, 0.25) is 5.91 Å². The van der Waals surface area contributed by atoms with Crippen LogP contribution in [0.15, 0.2) is 30.3 Å². The number of nitrogens with one attached hydrogen (secondary N) is 2. The number of ether oxygens (including phenoxy) is 4. The van der Waals surface area contributed by atoms with E-state index in [1.807, 2.05) is 18.2 Å². The fraction of sp³-hybridized carbons (Fsp3) is 0.583. The first-order valence-electron chi connectivity index (χ1n) is 11.0. The van der Waals surface area contributed by atoms with Crippen molar-refractivity contribution < 1.29 is 28.5 Å². The molecule has 0 saturated heterocycles. The maximum absolute atomic E-state index is 11.9. The summed E-state index contributed by atoms with van der Waals surface area (Å²) in [4.78, 5) is 23.7. The van der Waals surface area contributed by atoms with Gasteiger partial charge < -0.3 is 29.6 Å². The molecule has 0 aliphatic carbocycles. The molecule has 8 nitrogen and oxygen atoms in total. The zero-order valence-corrected chi connectivity index (χ0v) is 18.8. The van der Waals surface area contributed by atoms with E-state index in [0.29, 0.717) is 65.0 Å². The van der Waals surface area contributed by atoms with Gasteiger partial charge in [-0.1, -0.05) is 36.3 Å². The van der Waals surface area contributed by atoms with Gasteiger partial charge in [-0.25, -0.2) is 0 Å². The highest BCUT2D eigenvalue weighted by Crippen LogP contribution is 1.98. The standard InChI is InChI=1S/C24H36N2O6/c1-2-12-29-13-6-14-30-15-7-16-31-17-8-18-32-19-11-26-24(28)21-25-20-23(27)22-9-4-3-5-10-22/h1,3-5,9-10,25H,6-8,11-21H2,(H,26,28). The number of ketones is 1. The number of hydrogen-bond acceptors (Lipinski definition) is 7. The van der Waals surface area contributed by atoms with Crippen LogP contribution in [0.1, 0.15) is 29.6 Å². The first-order chi connectivity index (χ1) is 15.7.